The van der Waals surface area contributed by atoms with Crippen LogP contribution in [-0.2, 0) is 14.8 Å². The lowest BCUT2D eigenvalue weighted by Gasteiger charge is -2.44. The molecule has 0 bridgehead atoms. The van der Waals surface area contributed by atoms with Crippen molar-refractivity contribution in [2.75, 3.05) is 32.8 Å². The number of ether oxygens (including phenoxy) is 1. The zero-order chi connectivity index (χ0) is 15.8. The lowest BCUT2D eigenvalue weighted by atomic mass is 9.91. The number of hydrogen-bond acceptors (Lipinski definition) is 4. The molecule has 7 heteroatoms. The molecule has 1 aromatic rings. The lowest BCUT2D eigenvalue weighted by molar-refractivity contribution is -0.105. The van der Waals surface area contributed by atoms with Crippen LogP contribution in [0.2, 0.25) is 0 Å². The molecule has 0 aromatic heterocycles. The summed E-state index contributed by atoms with van der Waals surface area (Å²) in [6.45, 7) is 4.30. The Morgan fingerprint density at radius 1 is 1.32 bits per heavy atom. The number of halogens is 1. The first-order chi connectivity index (χ1) is 10.4. The summed E-state index contributed by atoms with van der Waals surface area (Å²) in [4.78, 5) is 0.0154. The van der Waals surface area contributed by atoms with Crippen LogP contribution in [0.5, 0.6) is 0 Å². The van der Waals surface area contributed by atoms with Crippen molar-refractivity contribution in [3.8, 4) is 0 Å². The molecule has 3 rings (SSSR count). The van der Waals surface area contributed by atoms with Gasteiger partial charge in [0.1, 0.15) is 5.82 Å². The van der Waals surface area contributed by atoms with Crippen LogP contribution < -0.4 is 5.32 Å². The number of nitrogens with one attached hydrogen (secondary N) is 1. The first kappa shape index (κ1) is 15.9. The topological polar surface area (TPSA) is 58.6 Å². The Labute approximate surface area is 130 Å². The summed E-state index contributed by atoms with van der Waals surface area (Å²) in [5, 5.41) is 3.26. The van der Waals surface area contributed by atoms with E-state index >= 15 is 0 Å². The zero-order valence-corrected chi connectivity index (χ0v) is 13.5. The van der Waals surface area contributed by atoms with Gasteiger partial charge in [-0.2, -0.15) is 4.31 Å². The van der Waals surface area contributed by atoms with Crippen molar-refractivity contribution in [3.05, 3.63) is 29.6 Å². The highest BCUT2D eigenvalue weighted by Gasteiger charge is 2.41. The van der Waals surface area contributed by atoms with Crippen molar-refractivity contribution in [2.45, 2.75) is 30.3 Å². The first-order valence-electron chi connectivity index (χ1n) is 7.54. The predicted octanol–water partition coefficient (Wildman–Crippen LogP) is 1.28. The van der Waals surface area contributed by atoms with Crippen molar-refractivity contribution >= 4 is 10.0 Å². The Morgan fingerprint density at radius 2 is 2.05 bits per heavy atom. The molecule has 1 N–H and O–H groups in total. The smallest absolute Gasteiger partial charge is 0.243 e. The number of hydrogen-bond donors (Lipinski definition) is 1. The van der Waals surface area contributed by atoms with Gasteiger partial charge in [-0.3, -0.25) is 0 Å². The van der Waals surface area contributed by atoms with Gasteiger partial charge >= 0.3 is 0 Å². The summed E-state index contributed by atoms with van der Waals surface area (Å²) < 4.78 is 46.6. The maximum absolute atomic E-state index is 13.7. The summed E-state index contributed by atoms with van der Waals surface area (Å²) in [7, 11) is -3.68. The van der Waals surface area contributed by atoms with E-state index in [2.05, 4.69) is 5.32 Å². The number of benzene rings is 1. The van der Waals surface area contributed by atoms with Gasteiger partial charge in [-0.05, 0) is 50.6 Å². The lowest BCUT2D eigenvalue weighted by Crippen LogP contribution is -2.57. The van der Waals surface area contributed by atoms with Crippen LogP contribution in [0.1, 0.15) is 18.4 Å². The molecule has 0 atom stereocenters. The van der Waals surface area contributed by atoms with E-state index in [0.717, 1.165) is 32.0 Å². The van der Waals surface area contributed by atoms with Crippen LogP contribution in [0.25, 0.3) is 0 Å². The fraction of sp³-hybridized carbons (Fsp3) is 0.600. The summed E-state index contributed by atoms with van der Waals surface area (Å²) in [6, 6.07) is 4.08. The monoisotopic (exact) mass is 328 g/mol. The van der Waals surface area contributed by atoms with Gasteiger partial charge in [0, 0.05) is 13.1 Å². The summed E-state index contributed by atoms with van der Waals surface area (Å²) >= 11 is 0. The molecule has 122 valence electrons. The highest BCUT2D eigenvalue weighted by molar-refractivity contribution is 7.89. The highest BCUT2D eigenvalue weighted by Crippen LogP contribution is 2.30. The molecule has 1 aromatic carbocycles. The Hall–Kier alpha value is -1.02. The number of piperidine rings is 1. The quantitative estimate of drug-likeness (QED) is 0.888. The molecule has 2 fully saturated rings. The molecule has 0 radical (unpaired) electrons. The standard InChI is InChI=1S/C15H21FN2O3S/c1-12-2-3-13(10-14(12)16)22(19,20)18-8-9-21-15(11-18)4-6-17-7-5-15/h2-3,10,17H,4-9,11H2,1H3. The summed E-state index contributed by atoms with van der Waals surface area (Å²) in [6.07, 6.45) is 1.59. The first-order valence-corrected chi connectivity index (χ1v) is 8.98. The van der Waals surface area contributed by atoms with E-state index in [1.54, 1.807) is 6.92 Å². The van der Waals surface area contributed by atoms with Gasteiger partial charge in [0.25, 0.3) is 0 Å². The molecule has 0 amide bonds. The molecule has 0 unspecified atom stereocenters. The Kier molecular flexibility index (Phi) is 4.24. The van der Waals surface area contributed by atoms with Crippen LogP contribution in [0, 0.1) is 12.7 Å². The van der Waals surface area contributed by atoms with Crippen molar-refractivity contribution in [3.63, 3.8) is 0 Å². The summed E-state index contributed by atoms with van der Waals surface area (Å²) in [5.41, 5.74) is 0.0375. The molecule has 2 heterocycles. The molecule has 22 heavy (non-hydrogen) atoms. The average molecular weight is 328 g/mol. The van der Waals surface area contributed by atoms with Crippen molar-refractivity contribution < 1.29 is 17.5 Å². The number of aryl methyl sites for hydroxylation is 1. The van der Waals surface area contributed by atoms with E-state index < -0.39 is 21.4 Å². The SMILES string of the molecule is Cc1ccc(S(=O)(=O)N2CCOC3(CCNCC3)C2)cc1F. The fourth-order valence-corrected chi connectivity index (χ4v) is 4.59. The van der Waals surface area contributed by atoms with Gasteiger partial charge < -0.3 is 10.1 Å². The molecule has 2 aliphatic heterocycles. The maximum atomic E-state index is 13.7. The third kappa shape index (κ3) is 2.90. The van der Waals surface area contributed by atoms with Crippen molar-refractivity contribution in [1.82, 2.24) is 9.62 Å². The van der Waals surface area contributed by atoms with Gasteiger partial charge in [0.2, 0.25) is 10.0 Å². The second kappa shape index (κ2) is 5.88. The minimum absolute atomic E-state index is 0.0154. The van der Waals surface area contributed by atoms with E-state index in [9.17, 15) is 12.8 Å². The molecule has 5 nitrogen and oxygen atoms in total. The van der Waals surface area contributed by atoms with Gasteiger partial charge in [-0.15, -0.1) is 0 Å². The highest BCUT2D eigenvalue weighted by atomic mass is 32.2. The van der Waals surface area contributed by atoms with Crippen LogP contribution in [0.3, 0.4) is 0 Å². The van der Waals surface area contributed by atoms with Gasteiger partial charge in [-0.25, -0.2) is 12.8 Å². The van der Waals surface area contributed by atoms with E-state index in [4.69, 9.17) is 4.74 Å². The normalized spacial score (nSPS) is 22.8. The average Bonchev–Trinajstić information content (AvgIpc) is 2.51. The Morgan fingerprint density at radius 3 is 2.73 bits per heavy atom. The largest absolute Gasteiger partial charge is 0.372 e. The van der Waals surface area contributed by atoms with Gasteiger partial charge in [0.15, 0.2) is 0 Å². The van der Waals surface area contributed by atoms with Gasteiger partial charge in [-0.1, -0.05) is 6.07 Å². The molecule has 0 saturated carbocycles. The molecular weight excluding hydrogens is 307 g/mol. The summed E-state index contributed by atoms with van der Waals surface area (Å²) in [5.74, 6) is -0.495. The Balaban J connectivity index is 1.86. The van der Waals surface area contributed by atoms with Crippen molar-refractivity contribution in [1.29, 1.82) is 0 Å². The van der Waals surface area contributed by atoms with E-state index in [0.29, 0.717) is 25.3 Å². The van der Waals surface area contributed by atoms with Gasteiger partial charge in [0.05, 0.1) is 17.1 Å². The van der Waals surface area contributed by atoms with E-state index in [1.165, 1.54) is 16.4 Å². The minimum atomic E-state index is -3.68. The van der Waals surface area contributed by atoms with E-state index in [-0.39, 0.29) is 4.90 Å². The molecular formula is C15H21FN2O3S. The second-order valence-corrected chi connectivity index (χ2v) is 7.97. The molecule has 0 aliphatic carbocycles. The Bertz CT molecular complexity index is 651. The number of morpholine rings is 1. The third-order valence-electron chi connectivity index (χ3n) is 4.51. The third-order valence-corrected chi connectivity index (χ3v) is 6.35. The number of sulfonamides is 1. The number of rotatable bonds is 2. The molecule has 2 saturated heterocycles. The zero-order valence-electron chi connectivity index (χ0n) is 12.6. The molecule has 2 aliphatic rings. The van der Waals surface area contributed by atoms with Crippen LogP contribution in [0.4, 0.5) is 4.39 Å². The van der Waals surface area contributed by atoms with Crippen molar-refractivity contribution in [2.24, 2.45) is 0 Å². The fourth-order valence-electron chi connectivity index (χ4n) is 3.08. The second-order valence-electron chi connectivity index (χ2n) is 6.03. The number of nitrogens with zero attached hydrogens (tertiary/aromatic N) is 1. The minimum Gasteiger partial charge on any atom is -0.372 e. The van der Waals surface area contributed by atoms with E-state index in [1.807, 2.05) is 0 Å². The van der Waals surface area contributed by atoms with Crippen LogP contribution in [-0.4, -0.2) is 51.1 Å². The van der Waals surface area contributed by atoms with Crippen LogP contribution in [0.15, 0.2) is 23.1 Å². The molecule has 1 spiro atoms. The van der Waals surface area contributed by atoms with Crippen LogP contribution >= 0.6 is 0 Å². The maximum Gasteiger partial charge on any atom is 0.243 e. The predicted molar refractivity (Wildman–Crippen MR) is 80.7 cm³/mol.